The molecule has 0 radical (unpaired) electrons. The molecule has 0 aromatic heterocycles. The van der Waals surface area contributed by atoms with Gasteiger partial charge in [0.2, 0.25) is 6.79 Å². The highest BCUT2D eigenvalue weighted by molar-refractivity contribution is 6.11. The van der Waals surface area contributed by atoms with Gasteiger partial charge in [0.15, 0.2) is 17.3 Å². The first-order valence-electron chi connectivity index (χ1n) is 10.4. The van der Waals surface area contributed by atoms with E-state index in [4.69, 9.17) is 9.47 Å². The number of ether oxygens (including phenoxy) is 2. The van der Waals surface area contributed by atoms with Crippen LogP contribution in [0.5, 0.6) is 11.5 Å². The van der Waals surface area contributed by atoms with Crippen molar-refractivity contribution in [3.8, 4) is 11.5 Å². The summed E-state index contributed by atoms with van der Waals surface area (Å²) in [5.74, 6) is 1.96. The third kappa shape index (κ3) is 3.04. The van der Waals surface area contributed by atoms with Gasteiger partial charge >= 0.3 is 0 Å². The minimum atomic E-state index is -0.223. The number of rotatable bonds is 4. The van der Waals surface area contributed by atoms with Gasteiger partial charge in [-0.15, -0.1) is 0 Å². The number of nitrogens with one attached hydrogen (secondary N) is 1. The number of benzene rings is 3. The van der Waals surface area contributed by atoms with Crippen molar-refractivity contribution in [2.75, 3.05) is 12.1 Å². The van der Waals surface area contributed by atoms with Crippen molar-refractivity contribution < 1.29 is 14.3 Å². The zero-order valence-electron chi connectivity index (χ0n) is 17.5. The molecule has 5 rings (SSSR count). The van der Waals surface area contributed by atoms with Gasteiger partial charge in [-0.2, -0.15) is 0 Å². The first-order chi connectivity index (χ1) is 14.5. The summed E-state index contributed by atoms with van der Waals surface area (Å²) in [7, 11) is 0. The Morgan fingerprint density at radius 1 is 1.07 bits per heavy atom. The Labute approximate surface area is 176 Å². The number of carbonyl (C=O) groups is 1. The third-order valence-corrected chi connectivity index (χ3v) is 5.92. The van der Waals surface area contributed by atoms with E-state index in [0.29, 0.717) is 12.3 Å². The Balaban J connectivity index is 1.70. The lowest BCUT2D eigenvalue weighted by Crippen LogP contribution is -2.25. The summed E-state index contributed by atoms with van der Waals surface area (Å²) in [5, 5.41) is 6.00. The van der Waals surface area contributed by atoms with Crippen LogP contribution in [-0.2, 0) is 4.79 Å². The molecule has 1 unspecified atom stereocenters. The average molecular weight is 399 g/mol. The van der Waals surface area contributed by atoms with Crippen LogP contribution < -0.4 is 14.8 Å². The average Bonchev–Trinajstić information content (AvgIpc) is 3.20. The van der Waals surface area contributed by atoms with Gasteiger partial charge in [-0.25, -0.2) is 0 Å². The molecular weight excluding hydrogens is 374 g/mol. The highest BCUT2D eigenvalue weighted by Gasteiger charge is 2.32. The predicted molar refractivity (Wildman–Crippen MR) is 120 cm³/mol. The van der Waals surface area contributed by atoms with Gasteiger partial charge in [-0.3, -0.25) is 4.79 Å². The van der Waals surface area contributed by atoms with E-state index in [1.807, 2.05) is 24.3 Å². The van der Waals surface area contributed by atoms with E-state index in [2.05, 4.69) is 56.4 Å². The van der Waals surface area contributed by atoms with Crippen LogP contribution in [0.4, 0.5) is 5.69 Å². The minimum Gasteiger partial charge on any atom is -0.454 e. The van der Waals surface area contributed by atoms with Gasteiger partial charge in [0.25, 0.3) is 0 Å². The van der Waals surface area contributed by atoms with Gasteiger partial charge in [0, 0.05) is 23.2 Å². The molecule has 1 N–H and O–H groups in total. The number of allylic oxidation sites excluding steroid dienone is 1. The summed E-state index contributed by atoms with van der Waals surface area (Å²) >= 11 is 0. The minimum absolute atomic E-state index is 0.191. The fraction of sp³-hybridized carbons (Fsp3) is 0.269. The fourth-order valence-corrected chi connectivity index (χ4v) is 4.57. The van der Waals surface area contributed by atoms with Crippen LogP contribution in [-0.4, -0.2) is 12.6 Å². The molecule has 0 bridgehead atoms. The van der Waals surface area contributed by atoms with Gasteiger partial charge < -0.3 is 14.8 Å². The number of hydrogen-bond acceptors (Lipinski definition) is 4. The zero-order chi connectivity index (χ0) is 20.8. The quantitative estimate of drug-likeness (QED) is 0.574. The van der Waals surface area contributed by atoms with E-state index in [-0.39, 0.29) is 18.6 Å². The second-order valence-corrected chi connectivity index (χ2v) is 8.46. The number of hydrogen-bond donors (Lipinski definition) is 1. The van der Waals surface area contributed by atoms with Crippen molar-refractivity contribution >= 4 is 27.8 Å². The Morgan fingerprint density at radius 3 is 2.70 bits per heavy atom. The smallest absolute Gasteiger partial charge is 0.231 e. The second kappa shape index (κ2) is 7.21. The molecule has 0 saturated carbocycles. The van der Waals surface area contributed by atoms with Gasteiger partial charge in [-0.1, -0.05) is 50.2 Å². The highest BCUT2D eigenvalue weighted by atomic mass is 16.7. The number of carbonyl (C=O) groups excluding carboxylic acids is 1. The molecule has 2 aliphatic heterocycles. The summed E-state index contributed by atoms with van der Waals surface area (Å²) in [6.07, 6.45) is 0.523. The van der Waals surface area contributed by atoms with E-state index in [0.717, 1.165) is 39.5 Å². The SMILES string of the molecule is CC1=C(C(=O)CC(C)C)C(c2ccc3c(c2)OCO3)Nc2ccc3ccccc3c21. The van der Waals surface area contributed by atoms with Gasteiger partial charge in [0.05, 0.1) is 6.04 Å². The summed E-state index contributed by atoms with van der Waals surface area (Å²) < 4.78 is 11.1. The molecule has 0 aliphatic carbocycles. The van der Waals surface area contributed by atoms with Crippen LogP contribution in [0, 0.1) is 5.92 Å². The van der Waals surface area contributed by atoms with Crippen LogP contribution in [0.25, 0.3) is 16.3 Å². The van der Waals surface area contributed by atoms with Crippen molar-refractivity contribution in [3.63, 3.8) is 0 Å². The van der Waals surface area contributed by atoms with Gasteiger partial charge in [0.1, 0.15) is 0 Å². The van der Waals surface area contributed by atoms with Crippen molar-refractivity contribution in [1.29, 1.82) is 0 Å². The summed E-state index contributed by atoms with van der Waals surface area (Å²) in [5.41, 5.74) is 5.07. The van der Waals surface area contributed by atoms with Crippen LogP contribution in [0.3, 0.4) is 0 Å². The molecule has 2 aliphatic rings. The standard InChI is InChI=1S/C26H25NO3/c1-15(2)12-21(28)25-16(3)24-19-7-5-4-6-17(19)8-10-20(24)27-26(25)18-9-11-22-23(13-18)30-14-29-22/h4-11,13,15,26-27H,12,14H2,1-3H3. The summed E-state index contributed by atoms with van der Waals surface area (Å²) in [6.45, 7) is 6.49. The maximum absolute atomic E-state index is 13.4. The first kappa shape index (κ1) is 18.7. The Kier molecular flexibility index (Phi) is 4.50. The molecule has 4 nitrogen and oxygen atoms in total. The molecule has 152 valence electrons. The van der Waals surface area contributed by atoms with Crippen molar-refractivity contribution in [1.82, 2.24) is 0 Å². The first-order valence-corrected chi connectivity index (χ1v) is 10.4. The van der Waals surface area contributed by atoms with E-state index >= 15 is 0 Å². The molecule has 2 heterocycles. The molecular formula is C26H25NO3. The Morgan fingerprint density at radius 2 is 1.87 bits per heavy atom. The van der Waals surface area contributed by atoms with Crippen molar-refractivity contribution in [2.24, 2.45) is 5.92 Å². The number of Topliss-reactive ketones (excluding diaryl/α,β-unsaturated/α-hetero) is 1. The lowest BCUT2D eigenvalue weighted by molar-refractivity contribution is -0.116. The molecule has 1 atom stereocenters. The van der Waals surface area contributed by atoms with Crippen molar-refractivity contribution in [3.05, 3.63) is 71.3 Å². The normalized spacial score (nSPS) is 17.3. The fourth-order valence-electron chi connectivity index (χ4n) is 4.57. The van der Waals surface area contributed by atoms with Crippen LogP contribution in [0.1, 0.15) is 44.4 Å². The van der Waals surface area contributed by atoms with E-state index in [9.17, 15) is 4.79 Å². The lowest BCUT2D eigenvalue weighted by atomic mass is 9.81. The van der Waals surface area contributed by atoms with Crippen LogP contribution >= 0.6 is 0 Å². The Bertz CT molecular complexity index is 1190. The van der Waals surface area contributed by atoms with E-state index in [1.54, 1.807) is 0 Å². The molecule has 3 aromatic carbocycles. The van der Waals surface area contributed by atoms with Crippen molar-refractivity contribution in [2.45, 2.75) is 33.2 Å². The zero-order valence-corrected chi connectivity index (χ0v) is 17.5. The van der Waals surface area contributed by atoms with Gasteiger partial charge in [-0.05, 0) is 52.9 Å². The predicted octanol–water partition coefficient (Wildman–Crippen LogP) is 6.12. The molecule has 4 heteroatoms. The molecule has 0 fully saturated rings. The van der Waals surface area contributed by atoms with E-state index < -0.39 is 0 Å². The largest absolute Gasteiger partial charge is 0.454 e. The highest BCUT2D eigenvalue weighted by Crippen LogP contribution is 2.45. The van der Waals surface area contributed by atoms with Crippen LogP contribution in [0.2, 0.25) is 0 Å². The number of fused-ring (bicyclic) bond motifs is 4. The Hall–Kier alpha value is -3.27. The topological polar surface area (TPSA) is 47.6 Å². The van der Waals surface area contributed by atoms with E-state index in [1.165, 1.54) is 10.8 Å². The molecule has 0 amide bonds. The monoisotopic (exact) mass is 399 g/mol. The number of ketones is 1. The molecule has 30 heavy (non-hydrogen) atoms. The van der Waals surface area contributed by atoms with Crippen LogP contribution in [0.15, 0.2) is 60.2 Å². The maximum atomic E-state index is 13.4. The number of anilines is 1. The maximum Gasteiger partial charge on any atom is 0.231 e. The third-order valence-electron chi connectivity index (χ3n) is 5.92. The molecule has 0 spiro atoms. The molecule has 3 aromatic rings. The summed E-state index contributed by atoms with van der Waals surface area (Å²) in [6, 6.07) is 18.3. The second-order valence-electron chi connectivity index (χ2n) is 8.46. The molecule has 0 saturated heterocycles. The summed E-state index contributed by atoms with van der Waals surface area (Å²) in [4.78, 5) is 13.4. The lowest BCUT2D eigenvalue weighted by Gasteiger charge is -2.32.